The molecule has 0 atom stereocenters. The lowest BCUT2D eigenvalue weighted by Crippen LogP contribution is -2.01. The predicted molar refractivity (Wildman–Crippen MR) is 52.7 cm³/mol. The zero-order valence-corrected chi connectivity index (χ0v) is 7.86. The van der Waals surface area contributed by atoms with E-state index in [-0.39, 0.29) is 0 Å². The molecule has 0 aromatic carbocycles. The van der Waals surface area contributed by atoms with E-state index in [0.29, 0.717) is 6.54 Å². The number of aromatic amines is 1. The highest BCUT2D eigenvalue weighted by Gasteiger charge is 1.96. The zero-order chi connectivity index (χ0) is 9.80. The van der Waals surface area contributed by atoms with E-state index in [4.69, 9.17) is 0 Å². The van der Waals surface area contributed by atoms with Crippen molar-refractivity contribution in [3.8, 4) is 0 Å². The van der Waals surface area contributed by atoms with Crippen molar-refractivity contribution in [2.45, 2.75) is 13.5 Å². The van der Waals surface area contributed by atoms with E-state index >= 15 is 0 Å². The monoisotopic (exact) mass is 189 g/mol. The van der Waals surface area contributed by atoms with Crippen molar-refractivity contribution in [2.75, 3.05) is 5.32 Å². The summed E-state index contributed by atoms with van der Waals surface area (Å²) in [6.45, 7) is 2.60. The molecule has 0 radical (unpaired) electrons. The Bertz CT molecular complexity index is 395. The maximum absolute atomic E-state index is 4.11. The van der Waals surface area contributed by atoms with Crippen molar-refractivity contribution in [1.82, 2.24) is 20.2 Å². The average Bonchev–Trinajstić information content (AvgIpc) is 2.67. The molecule has 5 nitrogen and oxygen atoms in total. The quantitative estimate of drug-likeness (QED) is 0.759. The summed E-state index contributed by atoms with van der Waals surface area (Å²) in [5, 5.41) is 9.76. The number of rotatable bonds is 3. The molecule has 72 valence electrons. The second-order valence-corrected chi connectivity index (χ2v) is 2.97. The molecular formula is C9H11N5. The number of aryl methyl sites for hydroxylation is 1. The van der Waals surface area contributed by atoms with E-state index in [1.54, 1.807) is 6.20 Å². The summed E-state index contributed by atoms with van der Waals surface area (Å²) < 4.78 is 0. The van der Waals surface area contributed by atoms with Gasteiger partial charge in [0.05, 0.1) is 6.54 Å². The molecule has 2 N–H and O–H groups in total. The highest BCUT2D eigenvalue weighted by molar-refractivity contribution is 5.42. The van der Waals surface area contributed by atoms with Crippen LogP contribution in [0.4, 0.5) is 5.69 Å². The fourth-order valence-corrected chi connectivity index (χ4v) is 1.16. The second-order valence-electron chi connectivity index (χ2n) is 2.97. The minimum Gasteiger partial charge on any atom is -0.378 e. The van der Waals surface area contributed by atoms with Gasteiger partial charge in [0.1, 0.15) is 12.2 Å². The third kappa shape index (κ3) is 2.07. The van der Waals surface area contributed by atoms with Crippen LogP contribution in [0.1, 0.15) is 11.5 Å². The summed E-state index contributed by atoms with van der Waals surface area (Å²) in [6.07, 6.45) is 3.27. The lowest BCUT2D eigenvalue weighted by atomic mass is 10.3. The third-order valence-electron chi connectivity index (χ3n) is 1.82. The van der Waals surface area contributed by atoms with E-state index < -0.39 is 0 Å². The van der Waals surface area contributed by atoms with Crippen LogP contribution in [0.2, 0.25) is 0 Å². The standard InChI is InChI=1S/C9H11N5/c1-7-4-8(2-3-10-7)11-5-9-12-6-13-14-9/h2-4,6H,5H2,1H3,(H,10,11)(H,12,13,14). The van der Waals surface area contributed by atoms with E-state index in [9.17, 15) is 0 Å². The van der Waals surface area contributed by atoms with E-state index in [1.807, 2.05) is 19.1 Å². The fraction of sp³-hybridized carbons (Fsp3) is 0.222. The molecule has 0 bridgehead atoms. The van der Waals surface area contributed by atoms with Crippen LogP contribution in [0.3, 0.4) is 0 Å². The van der Waals surface area contributed by atoms with Gasteiger partial charge in [-0.05, 0) is 19.1 Å². The Morgan fingerprint density at radius 1 is 1.43 bits per heavy atom. The van der Waals surface area contributed by atoms with Gasteiger partial charge < -0.3 is 5.32 Å². The average molecular weight is 189 g/mol. The molecule has 0 aliphatic rings. The molecule has 0 amide bonds. The first-order valence-electron chi connectivity index (χ1n) is 4.35. The van der Waals surface area contributed by atoms with Gasteiger partial charge in [0.2, 0.25) is 0 Å². The third-order valence-corrected chi connectivity index (χ3v) is 1.82. The smallest absolute Gasteiger partial charge is 0.143 e. The molecular weight excluding hydrogens is 178 g/mol. The molecule has 0 saturated heterocycles. The van der Waals surface area contributed by atoms with Crippen molar-refractivity contribution in [2.24, 2.45) is 0 Å². The molecule has 14 heavy (non-hydrogen) atoms. The van der Waals surface area contributed by atoms with Gasteiger partial charge in [0.15, 0.2) is 0 Å². The summed E-state index contributed by atoms with van der Waals surface area (Å²) in [6, 6.07) is 3.90. The van der Waals surface area contributed by atoms with E-state index in [2.05, 4.69) is 25.5 Å². The molecule has 0 fully saturated rings. The van der Waals surface area contributed by atoms with Gasteiger partial charge in [0.25, 0.3) is 0 Å². The van der Waals surface area contributed by atoms with Gasteiger partial charge in [0, 0.05) is 17.6 Å². The molecule has 0 aliphatic carbocycles. The predicted octanol–water partition coefficient (Wildman–Crippen LogP) is 1.12. The summed E-state index contributed by atoms with van der Waals surface area (Å²) in [5.41, 5.74) is 2.03. The van der Waals surface area contributed by atoms with Crippen LogP contribution < -0.4 is 5.32 Å². The first-order chi connectivity index (χ1) is 6.84. The van der Waals surface area contributed by atoms with E-state index in [0.717, 1.165) is 17.2 Å². The summed E-state index contributed by atoms with van der Waals surface area (Å²) in [5.74, 6) is 0.819. The topological polar surface area (TPSA) is 66.5 Å². The summed E-state index contributed by atoms with van der Waals surface area (Å²) in [4.78, 5) is 8.12. The second kappa shape index (κ2) is 3.87. The Balaban J connectivity index is 1.98. The molecule has 2 aromatic rings. The molecule has 2 rings (SSSR count). The normalized spacial score (nSPS) is 10.1. The lowest BCUT2D eigenvalue weighted by Gasteiger charge is -2.03. The first-order valence-corrected chi connectivity index (χ1v) is 4.35. The van der Waals surface area contributed by atoms with Crippen LogP contribution in [-0.4, -0.2) is 20.2 Å². The maximum atomic E-state index is 4.11. The van der Waals surface area contributed by atoms with Crippen LogP contribution >= 0.6 is 0 Å². The number of aromatic nitrogens is 4. The molecule has 0 unspecified atom stereocenters. The molecule has 0 saturated carbocycles. The molecule has 2 aromatic heterocycles. The van der Waals surface area contributed by atoms with Crippen molar-refractivity contribution in [1.29, 1.82) is 0 Å². The van der Waals surface area contributed by atoms with Crippen LogP contribution in [-0.2, 0) is 6.54 Å². The van der Waals surface area contributed by atoms with Gasteiger partial charge in [-0.25, -0.2) is 4.98 Å². The summed E-state index contributed by atoms with van der Waals surface area (Å²) >= 11 is 0. The van der Waals surface area contributed by atoms with Crippen molar-refractivity contribution < 1.29 is 0 Å². The number of hydrogen-bond donors (Lipinski definition) is 2. The fourth-order valence-electron chi connectivity index (χ4n) is 1.16. The largest absolute Gasteiger partial charge is 0.378 e. The van der Waals surface area contributed by atoms with Gasteiger partial charge >= 0.3 is 0 Å². The van der Waals surface area contributed by atoms with Crippen LogP contribution in [0.25, 0.3) is 0 Å². The van der Waals surface area contributed by atoms with Gasteiger partial charge in [-0.2, -0.15) is 5.10 Å². The van der Waals surface area contributed by atoms with Gasteiger partial charge in [-0.15, -0.1) is 0 Å². The van der Waals surface area contributed by atoms with Crippen molar-refractivity contribution >= 4 is 5.69 Å². The molecule has 0 aliphatic heterocycles. The highest BCUT2D eigenvalue weighted by Crippen LogP contribution is 2.07. The Morgan fingerprint density at radius 2 is 2.36 bits per heavy atom. The van der Waals surface area contributed by atoms with Crippen molar-refractivity contribution in [3.05, 3.63) is 36.2 Å². The highest BCUT2D eigenvalue weighted by atomic mass is 15.2. The number of nitrogens with one attached hydrogen (secondary N) is 2. The van der Waals surface area contributed by atoms with Crippen LogP contribution in [0, 0.1) is 6.92 Å². The minimum atomic E-state index is 0.642. The zero-order valence-electron chi connectivity index (χ0n) is 7.86. The molecule has 0 spiro atoms. The number of pyridine rings is 1. The Labute approximate surface area is 81.6 Å². The number of hydrogen-bond acceptors (Lipinski definition) is 4. The SMILES string of the molecule is Cc1cc(NCc2ncn[nH]2)ccn1. The minimum absolute atomic E-state index is 0.642. The Morgan fingerprint density at radius 3 is 3.07 bits per heavy atom. The first kappa shape index (κ1) is 8.68. The number of nitrogens with zero attached hydrogens (tertiary/aromatic N) is 3. The molecule has 2 heterocycles. The van der Waals surface area contributed by atoms with Crippen molar-refractivity contribution in [3.63, 3.8) is 0 Å². The Kier molecular flexibility index (Phi) is 2.40. The summed E-state index contributed by atoms with van der Waals surface area (Å²) in [7, 11) is 0. The van der Waals surface area contributed by atoms with Crippen LogP contribution in [0.15, 0.2) is 24.7 Å². The van der Waals surface area contributed by atoms with Crippen LogP contribution in [0.5, 0.6) is 0 Å². The van der Waals surface area contributed by atoms with E-state index in [1.165, 1.54) is 6.33 Å². The number of H-pyrrole nitrogens is 1. The molecule has 5 heteroatoms. The van der Waals surface area contributed by atoms with Gasteiger partial charge in [-0.1, -0.05) is 0 Å². The van der Waals surface area contributed by atoms with Gasteiger partial charge in [-0.3, -0.25) is 10.1 Å². The maximum Gasteiger partial charge on any atom is 0.143 e. The lowest BCUT2D eigenvalue weighted by molar-refractivity contribution is 0.953. The number of anilines is 1. The Hall–Kier alpha value is -1.91.